The number of hydrogen-bond donors (Lipinski definition) is 3. The summed E-state index contributed by atoms with van der Waals surface area (Å²) in [5.74, 6) is -0.961. The van der Waals surface area contributed by atoms with Crippen molar-refractivity contribution in [3.63, 3.8) is 0 Å². The molecule has 2 rings (SSSR count). The van der Waals surface area contributed by atoms with E-state index < -0.39 is 5.97 Å². The van der Waals surface area contributed by atoms with Crippen LogP contribution < -0.4 is 10.6 Å². The van der Waals surface area contributed by atoms with Crippen LogP contribution in [-0.2, 0) is 4.79 Å². The molecule has 0 bridgehead atoms. The lowest BCUT2D eigenvalue weighted by Crippen LogP contribution is -1.99. The van der Waals surface area contributed by atoms with E-state index in [9.17, 15) is 4.79 Å². The van der Waals surface area contributed by atoms with Gasteiger partial charge in [-0.05, 0) is 43.3 Å². The minimum Gasteiger partial charge on any atom is -0.478 e. The van der Waals surface area contributed by atoms with Crippen molar-refractivity contribution in [1.82, 2.24) is 0 Å². The van der Waals surface area contributed by atoms with Gasteiger partial charge < -0.3 is 15.7 Å². The Bertz CT molecular complexity index is 604. The second-order valence-electron chi connectivity index (χ2n) is 4.36. The maximum atomic E-state index is 10.5. The van der Waals surface area contributed by atoms with Crippen LogP contribution in [0.5, 0.6) is 0 Å². The number of carboxylic acid groups (broad SMARTS) is 1. The lowest BCUT2D eigenvalue weighted by molar-refractivity contribution is -0.131. The van der Waals surface area contributed by atoms with Gasteiger partial charge >= 0.3 is 5.97 Å². The van der Waals surface area contributed by atoms with Gasteiger partial charge in [0, 0.05) is 28.8 Å². The summed E-state index contributed by atoms with van der Waals surface area (Å²) in [6.07, 6.45) is 1.14. The molecule has 0 atom stereocenters. The number of rotatable bonds is 5. The molecule has 0 saturated heterocycles. The number of hydrogen-bond acceptors (Lipinski definition) is 3. The van der Waals surface area contributed by atoms with Gasteiger partial charge in [-0.2, -0.15) is 0 Å². The first-order valence-electron chi connectivity index (χ1n) is 6.24. The van der Waals surface area contributed by atoms with Crippen LogP contribution >= 0.6 is 0 Å². The topological polar surface area (TPSA) is 61.4 Å². The molecule has 4 heteroatoms. The molecule has 102 valence electrons. The van der Waals surface area contributed by atoms with Gasteiger partial charge in [-0.3, -0.25) is 0 Å². The van der Waals surface area contributed by atoms with Crippen LogP contribution in [-0.4, -0.2) is 11.1 Å². The fourth-order valence-corrected chi connectivity index (χ4v) is 1.77. The first-order chi connectivity index (χ1) is 9.63. The van der Waals surface area contributed by atoms with Crippen LogP contribution in [0.1, 0.15) is 6.92 Å². The van der Waals surface area contributed by atoms with E-state index in [2.05, 4.69) is 10.6 Å². The van der Waals surface area contributed by atoms with Gasteiger partial charge in [-0.1, -0.05) is 18.2 Å². The molecule has 0 radical (unpaired) electrons. The zero-order chi connectivity index (χ0) is 14.4. The fraction of sp³-hybridized carbons (Fsp3) is 0.0625. The molecule has 2 aromatic rings. The maximum absolute atomic E-state index is 10.5. The molecule has 0 heterocycles. The van der Waals surface area contributed by atoms with Crippen LogP contribution in [0.2, 0.25) is 0 Å². The van der Waals surface area contributed by atoms with E-state index in [4.69, 9.17) is 5.11 Å². The molecule has 2 aromatic carbocycles. The predicted octanol–water partition coefficient (Wildman–Crippen LogP) is 3.83. The average Bonchev–Trinajstić information content (AvgIpc) is 2.41. The first-order valence-corrected chi connectivity index (χ1v) is 6.24. The van der Waals surface area contributed by atoms with Crippen molar-refractivity contribution < 1.29 is 9.90 Å². The summed E-state index contributed by atoms with van der Waals surface area (Å²) in [7, 11) is 0. The summed E-state index contributed by atoms with van der Waals surface area (Å²) >= 11 is 0. The third kappa shape index (κ3) is 4.17. The summed E-state index contributed by atoms with van der Waals surface area (Å²) in [5.41, 5.74) is 3.43. The molecular weight excluding hydrogens is 252 g/mol. The number of aliphatic carboxylic acids is 1. The van der Waals surface area contributed by atoms with E-state index in [-0.39, 0.29) is 0 Å². The van der Waals surface area contributed by atoms with E-state index in [1.807, 2.05) is 54.6 Å². The number of allylic oxidation sites excluding steroid dienone is 1. The number of nitrogens with one attached hydrogen (secondary N) is 2. The van der Waals surface area contributed by atoms with Crippen LogP contribution in [0.3, 0.4) is 0 Å². The summed E-state index contributed by atoms with van der Waals surface area (Å²) < 4.78 is 0. The van der Waals surface area contributed by atoms with Crippen LogP contribution in [0.4, 0.5) is 17.1 Å². The Morgan fingerprint density at radius 2 is 1.50 bits per heavy atom. The lowest BCUT2D eigenvalue weighted by atomic mass is 10.2. The zero-order valence-electron chi connectivity index (χ0n) is 11.1. The second-order valence-corrected chi connectivity index (χ2v) is 4.36. The number of carbonyl (C=O) groups is 1. The summed E-state index contributed by atoms with van der Waals surface area (Å²) in [4.78, 5) is 10.5. The molecule has 0 saturated carbocycles. The first kappa shape index (κ1) is 13.7. The highest BCUT2D eigenvalue weighted by atomic mass is 16.4. The van der Waals surface area contributed by atoms with E-state index >= 15 is 0 Å². The van der Waals surface area contributed by atoms with Gasteiger partial charge in [0.2, 0.25) is 0 Å². The van der Waals surface area contributed by atoms with E-state index in [1.165, 1.54) is 0 Å². The quantitative estimate of drug-likeness (QED) is 0.721. The Morgan fingerprint density at radius 1 is 0.950 bits per heavy atom. The highest BCUT2D eigenvalue weighted by Crippen LogP contribution is 2.19. The monoisotopic (exact) mass is 268 g/mol. The minimum absolute atomic E-state index is 0.585. The molecule has 0 aliphatic heterocycles. The van der Waals surface area contributed by atoms with Crippen LogP contribution in [0.15, 0.2) is 66.4 Å². The van der Waals surface area contributed by atoms with Gasteiger partial charge in [-0.15, -0.1) is 0 Å². The third-order valence-corrected chi connectivity index (χ3v) is 2.63. The molecule has 4 nitrogen and oxygen atoms in total. The minimum atomic E-state index is -0.961. The standard InChI is InChI=1S/C16H16N2O2/c1-12(11-16(19)20)17-14-7-9-15(10-8-14)18-13-5-3-2-4-6-13/h2-11,17-18H,1H3,(H,19,20)/b12-11+. The van der Waals surface area contributed by atoms with Gasteiger partial charge in [0.1, 0.15) is 0 Å². The largest absolute Gasteiger partial charge is 0.478 e. The highest BCUT2D eigenvalue weighted by Gasteiger charge is 1.97. The van der Waals surface area contributed by atoms with E-state index in [0.29, 0.717) is 5.70 Å². The van der Waals surface area contributed by atoms with Crippen molar-refractivity contribution in [2.75, 3.05) is 10.6 Å². The van der Waals surface area contributed by atoms with Crippen molar-refractivity contribution in [3.8, 4) is 0 Å². The zero-order valence-corrected chi connectivity index (χ0v) is 11.1. The second kappa shape index (κ2) is 6.43. The average molecular weight is 268 g/mol. The lowest BCUT2D eigenvalue weighted by Gasteiger charge is -2.09. The van der Waals surface area contributed by atoms with Gasteiger partial charge in [0.15, 0.2) is 0 Å². The van der Waals surface area contributed by atoms with Gasteiger partial charge in [0.25, 0.3) is 0 Å². The van der Waals surface area contributed by atoms with E-state index in [0.717, 1.165) is 23.1 Å². The molecule has 0 fully saturated rings. The van der Waals surface area contributed by atoms with E-state index in [1.54, 1.807) is 6.92 Å². The third-order valence-electron chi connectivity index (χ3n) is 2.63. The summed E-state index contributed by atoms with van der Waals surface area (Å²) in [5, 5.41) is 14.9. The smallest absolute Gasteiger partial charge is 0.330 e. The Kier molecular flexibility index (Phi) is 4.39. The van der Waals surface area contributed by atoms with Gasteiger partial charge in [0.05, 0.1) is 0 Å². The van der Waals surface area contributed by atoms with Crippen molar-refractivity contribution in [3.05, 3.63) is 66.4 Å². The SMILES string of the molecule is C/C(=C\C(=O)O)Nc1ccc(Nc2ccccc2)cc1. The Labute approximate surface area is 117 Å². The number of anilines is 3. The predicted molar refractivity (Wildman–Crippen MR) is 81.2 cm³/mol. The summed E-state index contributed by atoms with van der Waals surface area (Å²) in [6.45, 7) is 1.71. The molecule has 0 spiro atoms. The van der Waals surface area contributed by atoms with Crippen molar-refractivity contribution in [2.24, 2.45) is 0 Å². The Morgan fingerprint density at radius 3 is 2.10 bits per heavy atom. The van der Waals surface area contributed by atoms with Crippen molar-refractivity contribution >= 4 is 23.0 Å². The van der Waals surface area contributed by atoms with Crippen LogP contribution in [0, 0.1) is 0 Å². The number of benzene rings is 2. The van der Waals surface area contributed by atoms with Crippen molar-refractivity contribution in [2.45, 2.75) is 6.92 Å². The molecule has 20 heavy (non-hydrogen) atoms. The molecule has 3 N–H and O–H groups in total. The molecule has 0 amide bonds. The Balaban J connectivity index is 2.01. The van der Waals surface area contributed by atoms with Crippen LogP contribution in [0.25, 0.3) is 0 Å². The molecular formula is C16H16N2O2. The molecule has 0 aliphatic rings. The molecule has 0 unspecified atom stereocenters. The van der Waals surface area contributed by atoms with Crippen molar-refractivity contribution in [1.29, 1.82) is 0 Å². The summed E-state index contributed by atoms with van der Waals surface area (Å²) in [6, 6.07) is 17.5. The molecule has 0 aromatic heterocycles. The highest BCUT2D eigenvalue weighted by molar-refractivity contribution is 5.81. The number of para-hydroxylation sites is 1. The number of carboxylic acids is 1. The fourth-order valence-electron chi connectivity index (χ4n) is 1.77. The maximum Gasteiger partial charge on any atom is 0.330 e. The Hall–Kier alpha value is -2.75. The molecule has 0 aliphatic carbocycles. The normalized spacial score (nSPS) is 10.9. The van der Waals surface area contributed by atoms with Gasteiger partial charge in [-0.25, -0.2) is 4.79 Å².